The van der Waals surface area contributed by atoms with Crippen molar-refractivity contribution in [2.45, 2.75) is 57.7 Å². The summed E-state index contributed by atoms with van der Waals surface area (Å²) in [4.78, 5) is 0. The van der Waals surface area contributed by atoms with Gasteiger partial charge in [-0.25, -0.2) is 0 Å². The summed E-state index contributed by atoms with van der Waals surface area (Å²) in [6.07, 6.45) is 6.95. The Hall–Kier alpha value is -0.490. The standard InChI is InChI=1S/C15H23Cl/c1-3-6-13-8-5-9-14(12-13)10-11-15(16)7-4-2/h5,8-9,12,15H,3-4,6-7,10-11H2,1-2H3. The Morgan fingerprint density at radius 1 is 1.00 bits per heavy atom. The van der Waals surface area contributed by atoms with Gasteiger partial charge in [0, 0.05) is 5.38 Å². The normalized spacial score (nSPS) is 12.7. The van der Waals surface area contributed by atoms with Crippen molar-refractivity contribution in [1.82, 2.24) is 0 Å². The maximum Gasteiger partial charge on any atom is 0.0339 e. The van der Waals surface area contributed by atoms with Gasteiger partial charge in [-0.2, -0.15) is 0 Å². The van der Waals surface area contributed by atoms with Gasteiger partial charge in [0.25, 0.3) is 0 Å². The Labute approximate surface area is 105 Å². The zero-order valence-electron chi connectivity index (χ0n) is 10.5. The monoisotopic (exact) mass is 238 g/mol. The van der Waals surface area contributed by atoms with E-state index in [0.29, 0.717) is 5.38 Å². The van der Waals surface area contributed by atoms with Gasteiger partial charge in [0.05, 0.1) is 0 Å². The first-order valence-electron chi connectivity index (χ1n) is 6.48. The molecular weight excluding hydrogens is 216 g/mol. The highest BCUT2D eigenvalue weighted by Crippen LogP contribution is 2.15. The number of rotatable bonds is 7. The molecule has 0 fully saturated rings. The molecule has 0 nitrogen and oxygen atoms in total. The Kier molecular flexibility index (Phi) is 6.56. The topological polar surface area (TPSA) is 0 Å². The predicted octanol–water partition coefficient (Wildman–Crippen LogP) is 4.98. The molecule has 1 unspecified atom stereocenters. The minimum atomic E-state index is 0.347. The highest BCUT2D eigenvalue weighted by molar-refractivity contribution is 6.20. The van der Waals surface area contributed by atoms with Crippen LogP contribution in [0.3, 0.4) is 0 Å². The van der Waals surface area contributed by atoms with E-state index in [2.05, 4.69) is 38.1 Å². The molecule has 1 atom stereocenters. The molecule has 0 N–H and O–H groups in total. The van der Waals surface area contributed by atoms with Crippen molar-refractivity contribution in [1.29, 1.82) is 0 Å². The van der Waals surface area contributed by atoms with Crippen molar-refractivity contribution in [3.63, 3.8) is 0 Å². The second kappa shape index (κ2) is 7.73. The minimum Gasteiger partial charge on any atom is -0.123 e. The Morgan fingerprint density at radius 3 is 2.31 bits per heavy atom. The van der Waals surface area contributed by atoms with Gasteiger partial charge in [0.2, 0.25) is 0 Å². The highest BCUT2D eigenvalue weighted by Gasteiger charge is 2.03. The molecule has 1 aromatic carbocycles. The lowest BCUT2D eigenvalue weighted by Gasteiger charge is -2.08. The average Bonchev–Trinajstić information content (AvgIpc) is 2.28. The maximum absolute atomic E-state index is 6.23. The smallest absolute Gasteiger partial charge is 0.0339 e. The fourth-order valence-electron chi connectivity index (χ4n) is 2.01. The molecule has 90 valence electrons. The molecule has 1 aromatic rings. The first-order chi connectivity index (χ1) is 7.76. The SMILES string of the molecule is CCCc1cccc(CCC(Cl)CCC)c1. The maximum atomic E-state index is 6.23. The van der Waals surface area contributed by atoms with Crippen LogP contribution in [0.2, 0.25) is 0 Å². The third-order valence-corrected chi connectivity index (χ3v) is 3.31. The molecule has 0 heterocycles. The zero-order valence-corrected chi connectivity index (χ0v) is 11.3. The first kappa shape index (κ1) is 13.6. The van der Waals surface area contributed by atoms with Gasteiger partial charge >= 0.3 is 0 Å². The van der Waals surface area contributed by atoms with Crippen LogP contribution in [0.4, 0.5) is 0 Å². The molecule has 0 saturated carbocycles. The van der Waals surface area contributed by atoms with Gasteiger partial charge in [-0.15, -0.1) is 11.6 Å². The van der Waals surface area contributed by atoms with Gasteiger partial charge in [-0.05, 0) is 36.8 Å². The predicted molar refractivity (Wildman–Crippen MR) is 73.3 cm³/mol. The Morgan fingerprint density at radius 2 is 1.69 bits per heavy atom. The Bertz CT molecular complexity index is 293. The van der Waals surface area contributed by atoms with Gasteiger partial charge in [0.15, 0.2) is 0 Å². The second-order valence-electron chi connectivity index (χ2n) is 4.49. The summed E-state index contributed by atoms with van der Waals surface area (Å²) in [5, 5.41) is 0.347. The van der Waals surface area contributed by atoms with Crippen LogP contribution < -0.4 is 0 Å². The van der Waals surface area contributed by atoms with Crippen LogP contribution >= 0.6 is 11.6 Å². The van der Waals surface area contributed by atoms with Gasteiger partial charge in [-0.3, -0.25) is 0 Å². The lowest BCUT2D eigenvalue weighted by atomic mass is 10.0. The summed E-state index contributed by atoms with van der Waals surface area (Å²) in [6.45, 7) is 4.42. The third kappa shape index (κ3) is 5.03. The number of benzene rings is 1. The number of aryl methyl sites for hydroxylation is 2. The fraction of sp³-hybridized carbons (Fsp3) is 0.600. The van der Waals surface area contributed by atoms with Gasteiger partial charge in [-0.1, -0.05) is 51.0 Å². The largest absolute Gasteiger partial charge is 0.123 e. The van der Waals surface area contributed by atoms with E-state index in [1.807, 2.05) is 0 Å². The van der Waals surface area contributed by atoms with E-state index in [0.717, 1.165) is 19.3 Å². The van der Waals surface area contributed by atoms with E-state index in [1.54, 1.807) is 0 Å². The molecule has 0 saturated heterocycles. The molecule has 1 rings (SSSR count). The van der Waals surface area contributed by atoms with Crippen LogP contribution in [0, 0.1) is 0 Å². The fourth-order valence-corrected chi connectivity index (χ4v) is 2.34. The molecule has 0 aliphatic carbocycles. The number of hydrogen-bond acceptors (Lipinski definition) is 0. The number of hydrogen-bond donors (Lipinski definition) is 0. The summed E-state index contributed by atoms with van der Waals surface area (Å²) >= 11 is 6.23. The van der Waals surface area contributed by atoms with Crippen LogP contribution in [-0.2, 0) is 12.8 Å². The minimum absolute atomic E-state index is 0.347. The van der Waals surface area contributed by atoms with E-state index in [1.165, 1.54) is 30.4 Å². The Balaban J connectivity index is 2.44. The van der Waals surface area contributed by atoms with Crippen molar-refractivity contribution in [3.8, 4) is 0 Å². The van der Waals surface area contributed by atoms with Crippen molar-refractivity contribution in [3.05, 3.63) is 35.4 Å². The summed E-state index contributed by atoms with van der Waals surface area (Å²) in [6, 6.07) is 8.94. The van der Waals surface area contributed by atoms with Gasteiger partial charge in [0.1, 0.15) is 0 Å². The van der Waals surface area contributed by atoms with Crippen LogP contribution in [0.1, 0.15) is 50.7 Å². The van der Waals surface area contributed by atoms with E-state index in [9.17, 15) is 0 Å². The van der Waals surface area contributed by atoms with Crippen LogP contribution in [0.15, 0.2) is 24.3 Å². The second-order valence-corrected chi connectivity index (χ2v) is 5.11. The molecule has 16 heavy (non-hydrogen) atoms. The van der Waals surface area contributed by atoms with Crippen molar-refractivity contribution < 1.29 is 0 Å². The van der Waals surface area contributed by atoms with Crippen LogP contribution in [-0.4, -0.2) is 5.38 Å². The molecule has 0 aliphatic rings. The molecule has 0 amide bonds. The quantitative estimate of drug-likeness (QED) is 0.588. The third-order valence-electron chi connectivity index (χ3n) is 2.88. The molecular formula is C15H23Cl. The molecule has 0 spiro atoms. The molecule has 0 bridgehead atoms. The summed E-state index contributed by atoms with van der Waals surface area (Å²) < 4.78 is 0. The average molecular weight is 239 g/mol. The summed E-state index contributed by atoms with van der Waals surface area (Å²) in [5.74, 6) is 0. The molecule has 0 radical (unpaired) electrons. The van der Waals surface area contributed by atoms with E-state index >= 15 is 0 Å². The van der Waals surface area contributed by atoms with E-state index < -0.39 is 0 Å². The van der Waals surface area contributed by atoms with Crippen molar-refractivity contribution in [2.75, 3.05) is 0 Å². The van der Waals surface area contributed by atoms with Crippen molar-refractivity contribution >= 4 is 11.6 Å². The van der Waals surface area contributed by atoms with Crippen LogP contribution in [0.25, 0.3) is 0 Å². The lowest BCUT2D eigenvalue weighted by molar-refractivity contribution is 0.675. The molecule has 0 aromatic heterocycles. The van der Waals surface area contributed by atoms with Gasteiger partial charge < -0.3 is 0 Å². The van der Waals surface area contributed by atoms with Crippen molar-refractivity contribution in [2.24, 2.45) is 0 Å². The summed E-state index contributed by atoms with van der Waals surface area (Å²) in [5.41, 5.74) is 2.90. The zero-order chi connectivity index (χ0) is 11.8. The van der Waals surface area contributed by atoms with E-state index in [4.69, 9.17) is 11.6 Å². The molecule has 1 heteroatoms. The van der Waals surface area contributed by atoms with Crippen LogP contribution in [0.5, 0.6) is 0 Å². The number of halogens is 1. The lowest BCUT2D eigenvalue weighted by Crippen LogP contribution is -2.00. The molecule has 0 aliphatic heterocycles. The highest BCUT2D eigenvalue weighted by atomic mass is 35.5. The first-order valence-corrected chi connectivity index (χ1v) is 6.91. The number of alkyl halides is 1. The summed E-state index contributed by atoms with van der Waals surface area (Å²) in [7, 11) is 0. The van der Waals surface area contributed by atoms with E-state index in [-0.39, 0.29) is 0 Å².